The highest BCUT2D eigenvalue weighted by atomic mass is 16.2. The first-order chi connectivity index (χ1) is 15.4. The van der Waals surface area contributed by atoms with Gasteiger partial charge in [-0.25, -0.2) is 0 Å². The van der Waals surface area contributed by atoms with Crippen molar-refractivity contribution in [3.63, 3.8) is 0 Å². The van der Waals surface area contributed by atoms with Crippen LogP contribution in [0.3, 0.4) is 0 Å². The van der Waals surface area contributed by atoms with Crippen molar-refractivity contribution >= 4 is 17.3 Å². The minimum atomic E-state index is -0.138. The molecule has 1 amide bonds. The number of nitrogens with one attached hydrogen (secondary N) is 1. The summed E-state index contributed by atoms with van der Waals surface area (Å²) in [7, 11) is 2.01. The number of carbonyl (C=O) groups is 1. The van der Waals surface area contributed by atoms with Crippen LogP contribution < -0.4 is 10.2 Å². The van der Waals surface area contributed by atoms with Crippen LogP contribution >= 0.6 is 0 Å². The van der Waals surface area contributed by atoms with Crippen LogP contribution in [0.25, 0.3) is 0 Å². The number of benzene rings is 1. The number of aromatic nitrogens is 2. The Kier molecular flexibility index (Phi) is 7.16. The lowest BCUT2D eigenvalue weighted by Crippen LogP contribution is -2.52. The van der Waals surface area contributed by atoms with Crippen molar-refractivity contribution in [2.75, 3.05) is 49.5 Å². The van der Waals surface area contributed by atoms with Crippen molar-refractivity contribution in [2.45, 2.75) is 52.6 Å². The van der Waals surface area contributed by atoms with E-state index in [-0.39, 0.29) is 11.9 Å². The van der Waals surface area contributed by atoms with Gasteiger partial charge in [-0.15, -0.1) is 0 Å². The molecule has 1 N–H and O–H groups in total. The maximum absolute atomic E-state index is 12.9. The third-order valence-corrected chi connectivity index (χ3v) is 7.23. The Morgan fingerprint density at radius 1 is 1.00 bits per heavy atom. The molecule has 3 heterocycles. The van der Waals surface area contributed by atoms with Crippen LogP contribution in [0.15, 0.2) is 24.3 Å². The van der Waals surface area contributed by atoms with Crippen LogP contribution in [0.1, 0.15) is 43.1 Å². The first-order valence-corrected chi connectivity index (χ1v) is 12.0. The number of aryl methyl sites for hydroxylation is 2. The Balaban J connectivity index is 1.26. The van der Waals surface area contributed by atoms with Gasteiger partial charge in [0, 0.05) is 75.5 Å². The lowest BCUT2D eigenvalue weighted by Gasteiger charge is -2.37. The fourth-order valence-electron chi connectivity index (χ4n) is 4.90. The number of piperidine rings is 1. The summed E-state index contributed by atoms with van der Waals surface area (Å²) in [5.41, 5.74) is 5.82. The fourth-order valence-corrected chi connectivity index (χ4v) is 4.90. The molecule has 0 bridgehead atoms. The van der Waals surface area contributed by atoms with Gasteiger partial charge in [0.2, 0.25) is 5.91 Å². The molecule has 2 aliphatic rings. The van der Waals surface area contributed by atoms with E-state index in [1.807, 2.05) is 30.8 Å². The summed E-state index contributed by atoms with van der Waals surface area (Å²) in [6.45, 7) is 13.2. The molecule has 7 nitrogen and oxygen atoms in total. The highest BCUT2D eigenvalue weighted by molar-refractivity contribution is 5.94. The molecule has 174 valence electrons. The SMILES string of the molecule is Cc1nn(C)c(C)c1CN1CCN(C(C)C(=O)Nc2ccc(N3CCCCC3)cc2)CC1. The Hall–Kier alpha value is -2.38. The van der Waals surface area contributed by atoms with Gasteiger partial charge >= 0.3 is 0 Å². The molecule has 2 saturated heterocycles. The van der Waals surface area contributed by atoms with Crippen LogP contribution in [0.5, 0.6) is 0 Å². The largest absolute Gasteiger partial charge is 0.372 e. The normalized spacial score (nSPS) is 19.2. The van der Waals surface area contributed by atoms with Gasteiger partial charge in [-0.05, 0) is 64.3 Å². The van der Waals surface area contributed by atoms with E-state index in [1.54, 1.807) is 0 Å². The Morgan fingerprint density at radius 2 is 1.66 bits per heavy atom. The first-order valence-electron chi connectivity index (χ1n) is 12.0. The third kappa shape index (κ3) is 5.15. The summed E-state index contributed by atoms with van der Waals surface area (Å²) >= 11 is 0. The third-order valence-electron chi connectivity index (χ3n) is 7.23. The highest BCUT2D eigenvalue weighted by Gasteiger charge is 2.26. The number of rotatable bonds is 6. The van der Waals surface area contributed by atoms with Crippen LogP contribution in [0.2, 0.25) is 0 Å². The molecule has 1 unspecified atom stereocenters. The number of hydrogen-bond donors (Lipinski definition) is 1. The average Bonchev–Trinajstić information content (AvgIpc) is 3.06. The maximum atomic E-state index is 12.9. The van der Waals surface area contributed by atoms with Crippen LogP contribution in [0.4, 0.5) is 11.4 Å². The summed E-state index contributed by atoms with van der Waals surface area (Å²) in [5, 5.41) is 7.65. The zero-order valence-electron chi connectivity index (χ0n) is 20.1. The fraction of sp³-hybridized carbons (Fsp3) is 0.600. The van der Waals surface area contributed by atoms with Gasteiger partial charge in [0.05, 0.1) is 11.7 Å². The van der Waals surface area contributed by atoms with Crippen LogP contribution in [-0.2, 0) is 18.4 Å². The zero-order chi connectivity index (χ0) is 22.7. The number of nitrogens with zero attached hydrogens (tertiary/aromatic N) is 5. The van der Waals surface area contributed by atoms with Crippen molar-refractivity contribution in [1.82, 2.24) is 19.6 Å². The van der Waals surface area contributed by atoms with E-state index in [0.717, 1.165) is 57.2 Å². The lowest BCUT2D eigenvalue weighted by molar-refractivity contribution is -0.121. The van der Waals surface area contributed by atoms with E-state index in [9.17, 15) is 4.79 Å². The van der Waals surface area contributed by atoms with E-state index >= 15 is 0 Å². The molecular weight excluding hydrogens is 400 g/mol. The molecule has 0 aliphatic carbocycles. The van der Waals surface area contributed by atoms with Crippen LogP contribution in [-0.4, -0.2) is 70.8 Å². The second kappa shape index (κ2) is 10.0. The van der Waals surface area contributed by atoms with Gasteiger partial charge in [0.25, 0.3) is 0 Å². The van der Waals surface area contributed by atoms with Crippen molar-refractivity contribution < 1.29 is 4.79 Å². The predicted molar refractivity (Wildman–Crippen MR) is 130 cm³/mol. The molecule has 0 saturated carbocycles. The molecule has 4 rings (SSSR count). The van der Waals surface area contributed by atoms with Crippen molar-refractivity contribution in [1.29, 1.82) is 0 Å². The predicted octanol–water partition coefficient (Wildman–Crippen LogP) is 3.17. The van der Waals surface area contributed by atoms with Gasteiger partial charge in [-0.1, -0.05) is 0 Å². The molecular formula is C25H38N6O. The molecule has 0 spiro atoms. The molecule has 1 atom stereocenters. The first kappa shape index (κ1) is 22.8. The van der Waals surface area contributed by atoms with Crippen molar-refractivity contribution in [3.05, 3.63) is 41.2 Å². The molecule has 1 aromatic carbocycles. The Bertz CT molecular complexity index is 907. The maximum Gasteiger partial charge on any atom is 0.241 e. The Morgan fingerprint density at radius 3 is 2.25 bits per heavy atom. The van der Waals surface area contributed by atoms with Crippen molar-refractivity contribution in [2.24, 2.45) is 7.05 Å². The minimum absolute atomic E-state index is 0.0723. The standard InChI is InChI=1S/C25H38N6O/c1-19-24(20(2)28(4)27-19)18-29-14-16-30(17-15-29)21(3)25(32)26-22-8-10-23(11-9-22)31-12-6-5-7-13-31/h8-11,21H,5-7,12-18H2,1-4H3,(H,26,32). The second-order valence-electron chi connectivity index (χ2n) is 9.34. The number of hydrogen-bond acceptors (Lipinski definition) is 5. The van der Waals surface area contributed by atoms with Gasteiger partial charge in [-0.2, -0.15) is 5.10 Å². The Labute approximate surface area is 192 Å². The lowest BCUT2D eigenvalue weighted by atomic mass is 10.1. The second-order valence-corrected chi connectivity index (χ2v) is 9.34. The summed E-state index contributed by atoms with van der Waals surface area (Å²) in [4.78, 5) is 20.1. The highest BCUT2D eigenvalue weighted by Crippen LogP contribution is 2.22. The number of piperazine rings is 1. The van der Waals surface area contributed by atoms with E-state index in [1.165, 1.54) is 36.2 Å². The quantitative estimate of drug-likeness (QED) is 0.751. The average molecular weight is 439 g/mol. The minimum Gasteiger partial charge on any atom is -0.372 e. The monoisotopic (exact) mass is 438 g/mol. The summed E-state index contributed by atoms with van der Waals surface area (Å²) < 4.78 is 1.96. The molecule has 1 aromatic heterocycles. The zero-order valence-corrected chi connectivity index (χ0v) is 20.1. The molecule has 32 heavy (non-hydrogen) atoms. The van der Waals surface area contributed by atoms with E-state index in [2.05, 4.69) is 51.1 Å². The summed E-state index contributed by atoms with van der Waals surface area (Å²) in [6.07, 6.45) is 3.87. The molecule has 7 heteroatoms. The number of carbonyl (C=O) groups excluding carboxylic acids is 1. The smallest absolute Gasteiger partial charge is 0.241 e. The molecule has 2 aliphatic heterocycles. The van der Waals surface area contributed by atoms with Gasteiger partial charge in [0.15, 0.2) is 0 Å². The molecule has 2 fully saturated rings. The number of anilines is 2. The summed E-state index contributed by atoms with van der Waals surface area (Å²) in [5.74, 6) is 0.0723. The summed E-state index contributed by atoms with van der Waals surface area (Å²) in [6, 6.07) is 8.19. The van der Waals surface area contributed by atoms with Crippen LogP contribution in [0, 0.1) is 13.8 Å². The van der Waals surface area contributed by atoms with Gasteiger partial charge < -0.3 is 10.2 Å². The van der Waals surface area contributed by atoms with Crippen molar-refractivity contribution in [3.8, 4) is 0 Å². The number of amides is 1. The molecule has 2 aromatic rings. The molecule has 0 radical (unpaired) electrons. The van der Waals surface area contributed by atoms with E-state index in [4.69, 9.17) is 0 Å². The van der Waals surface area contributed by atoms with Gasteiger partial charge in [-0.3, -0.25) is 19.3 Å². The van der Waals surface area contributed by atoms with Gasteiger partial charge in [0.1, 0.15) is 0 Å². The van der Waals surface area contributed by atoms with E-state index in [0.29, 0.717) is 0 Å². The van der Waals surface area contributed by atoms with E-state index < -0.39 is 0 Å². The topological polar surface area (TPSA) is 56.6 Å².